The summed E-state index contributed by atoms with van der Waals surface area (Å²) in [5.41, 5.74) is 2.70. The zero-order valence-corrected chi connectivity index (χ0v) is 17.5. The summed E-state index contributed by atoms with van der Waals surface area (Å²) in [4.78, 5) is 31.4. The molecule has 4 aromatic rings. The smallest absolute Gasteiger partial charge is 0.261 e. The normalized spacial score (nSPS) is 10.9. The molecule has 0 aliphatic carbocycles. The van der Waals surface area contributed by atoms with Gasteiger partial charge in [0.1, 0.15) is 5.82 Å². The van der Waals surface area contributed by atoms with Gasteiger partial charge in [-0.05, 0) is 29.8 Å². The van der Waals surface area contributed by atoms with Crippen molar-refractivity contribution in [3.63, 3.8) is 0 Å². The lowest BCUT2D eigenvalue weighted by Gasteiger charge is -2.13. The van der Waals surface area contributed by atoms with Gasteiger partial charge in [-0.3, -0.25) is 14.2 Å². The molecule has 0 saturated heterocycles. The second kappa shape index (κ2) is 8.83. The van der Waals surface area contributed by atoms with Crippen LogP contribution < -0.4 is 15.8 Å². The number of rotatable bonds is 7. The van der Waals surface area contributed by atoms with Crippen molar-refractivity contribution in [3.05, 3.63) is 83.0 Å². The van der Waals surface area contributed by atoms with Crippen LogP contribution in [0.25, 0.3) is 10.9 Å². The van der Waals surface area contributed by atoms with E-state index in [0.717, 1.165) is 11.3 Å². The third-order valence-electron chi connectivity index (χ3n) is 5.08. The Hall–Kier alpha value is -3.94. The van der Waals surface area contributed by atoms with Gasteiger partial charge in [-0.25, -0.2) is 9.67 Å². The SMILES string of the molecule is CN(C)c1ccc(Cn2nccc2NC(=O)CCn2cnc3ccccc3c2=O)cc1. The van der Waals surface area contributed by atoms with E-state index in [1.165, 1.54) is 10.9 Å². The first-order chi connectivity index (χ1) is 15.0. The number of nitrogens with zero attached hydrogens (tertiary/aromatic N) is 5. The van der Waals surface area contributed by atoms with Crippen molar-refractivity contribution in [3.8, 4) is 0 Å². The number of aryl methyl sites for hydroxylation is 1. The summed E-state index contributed by atoms with van der Waals surface area (Å²) in [6.45, 7) is 0.799. The Balaban J connectivity index is 1.39. The Labute approximate surface area is 179 Å². The van der Waals surface area contributed by atoms with Crippen molar-refractivity contribution in [2.45, 2.75) is 19.5 Å². The van der Waals surface area contributed by atoms with Crippen LogP contribution in [0, 0.1) is 0 Å². The van der Waals surface area contributed by atoms with Crippen molar-refractivity contribution in [2.24, 2.45) is 0 Å². The van der Waals surface area contributed by atoms with Gasteiger partial charge in [0.15, 0.2) is 0 Å². The Kier molecular flexibility index (Phi) is 5.79. The number of nitrogens with one attached hydrogen (secondary N) is 1. The maximum atomic E-state index is 12.6. The van der Waals surface area contributed by atoms with Gasteiger partial charge in [-0.1, -0.05) is 24.3 Å². The highest BCUT2D eigenvalue weighted by Crippen LogP contribution is 2.15. The molecule has 2 heterocycles. The van der Waals surface area contributed by atoms with Gasteiger partial charge in [0.05, 0.1) is 30.0 Å². The number of carbonyl (C=O) groups excluding carboxylic acids is 1. The number of carbonyl (C=O) groups is 1. The summed E-state index contributed by atoms with van der Waals surface area (Å²) >= 11 is 0. The molecule has 0 aliphatic rings. The highest BCUT2D eigenvalue weighted by Gasteiger charge is 2.10. The number of anilines is 2. The summed E-state index contributed by atoms with van der Waals surface area (Å²) in [5.74, 6) is 0.426. The molecule has 2 aromatic heterocycles. The zero-order chi connectivity index (χ0) is 21.8. The van der Waals surface area contributed by atoms with E-state index in [1.54, 1.807) is 35.1 Å². The van der Waals surface area contributed by atoms with E-state index in [-0.39, 0.29) is 24.4 Å². The van der Waals surface area contributed by atoms with Crippen LogP contribution >= 0.6 is 0 Å². The number of aromatic nitrogens is 4. The average molecular weight is 416 g/mol. The third-order valence-corrected chi connectivity index (χ3v) is 5.08. The van der Waals surface area contributed by atoms with Crippen LogP contribution in [0.2, 0.25) is 0 Å². The molecule has 0 aliphatic heterocycles. The number of amides is 1. The summed E-state index contributed by atoms with van der Waals surface area (Å²) in [6.07, 6.45) is 3.30. The highest BCUT2D eigenvalue weighted by molar-refractivity contribution is 5.89. The minimum absolute atomic E-state index is 0.149. The summed E-state index contributed by atoms with van der Waals surface area (Å²) < 4.78 is 3.21. The molecule has 4 rings (SSSR count). The van der Waals surface area contributed by atoms with E-state index in [4.69, 9.17) is 0 Å². The second-order valence-electron chi connectivity index (χ2n) is 7.49. The van der Waals surface area contributed by atoms with E-state index in [9.17, 15) is 9.59 Å². The monoisotopic (exact) mass is 416 g/mol. The predicted molar refractivity (Wildman–Crippen MR) is 121 cm³/mol. The predicted octanol–water partition coefficient (Wildman–Crippen LogP) is 2.74. The summed E-state index contributed by atoms with van der Waals surface area (Å²) in [6, 6.07) is 17.1. The zero-order valence-electron chi connectivity index (χ0n) is 17.5. The third kappa shape index (κ3) is 4.63. The molecule has 1 N–H and O–H groups in total. The lowest BCUT2D eigenvalue weighted by atomic mass is 10.2. The minimum atomic E-state index is -0.190. The number of hydrogen-bond donors (Lipinski definition) is 1. The molecule has 0 unspecified atom stereocenters. The van der Waals surface area contributed by atoms with Crippen LogP contribution in [0.1, 0.15) is 12.0 Å². The molecule has 0 atom stereocenters. The molecule has 0 radical (unpaired) electrons. The molecule has 0 fully saturated rings. The van der Waals surface area contributed by atoms with Gasteiger partial charge >= 0.3 is 0 Å². The quantitative estimate of drug-likeness (QED) is 0.501. The first-order valence-electron chi connectivity index (χ1n) is 10.0. The fourth-order valence-corrected chi connectivity index (χ4v) is 3.33. The van der Waals surface area contributed by atoms with E-state index >= 15 is 0 Å². The molecule has 158 valence electrons. The minimum Gasteiger partial charge on any atom is -0.378 e. The largest absolute Gasteiger partial charge is 0.378 e. The molecule has 8 nitrogen and oxygen atoms in total. The van der Waals surface area contributed by atoms with Gasteiger partial charge in [0, 0.05) is 38.8 Å². The molecule has 2 aromatic carbocycles. The number of para-hydroxylation sites is 1. The highest BCUT2D eigenvalue weighted by atomic mass is 16.2. The van der Waals surface area contributed by atoms with Crippen molar-refractivity contribution in [2.75, 3.05) is 24.3 Å². The van der Waals surface area contributed by atoms with Crippen molar-refractivity contribution in [1.29, 1.82) is 0 Å². The van der Waals surface area contributed by atoms with Gasteiger partial charge in [-0.2, -0.15) is 5.10 Å². The lowest BCUT2D eigenvalue weighted by molar-refractivity contribution is -0.116. The van der Waals surface area contributed by atoms with Crippen LogP contribution in [-0.4, -0.2) is 39.3 Å². The fraction of sp³-hybridized carbons (Fsp3) is 0.217. The number of fused-ring (bicyclic) bond motifs is 1. The van der Waals surface area contributed by atoms with E-state index in [0.29, 0.717) is 23.3 Å². The number of hydrogen-bond acceptors (Lipinski definition) is 5. The maximum absolute atomic E-state index is 12.6. The van der Waals surface area contributed by atoms with Crippen LogP contribution in [0.3, 0.4) is 0 Å². The molecule has 0 bridgehead atoms. The van der Waals surface area contributed by atoms with Crippen LogP contribution in [0.15, 0.2) is 71.9 Å². The maximum Gasteiger partial charge on any atom is 0.261 e. The van der Waals surface area contributed by atoms with E-state index in [1.807, 2.05) is 49.3 Å². The van der Waals surface area contributed by atoms with Crippen LogP contribution in [0.4, 0.5) is 11.5 Å². The Bertz CT molecular complexity index is 1260. The summed E-state index contributed by atoms with van der Waals surface area (Å²) in [7, 11) is 4.00. The number of benzene rings is 2. The van der Waals surface area contributed by atoms with Crippen molar-refractivity contribution < 1.29 is 4.79 Å². The van der Waals surface area contributed by atoms with Gasteiger partial charge < -0.3 is 10.2 Å². The second-order valence-corrected chi connectivity index (χ2v) is 7.49. The van der Waals surface area contributed by atoms with E-state index < -0.39 is 0 Å². The lowest BCUT2D eigenvalue weighted by Crippen LogP contribution is -2.24. The molecule has 8 heteroatoms. The Morgan fingerprint density at radius 3 is 2.61 bits per heavy atom. The van der Waals surface area contributed by atoms with Gasteiger partial charge in [-0.15, -0.1) is 0 Å². The molecule has 0 saturated carbocycles. The first-order valence-corrected chi connectivity index (χ1v) is 10.0. The standard InChI is InChI=1S/C23H24N6O2/c1-27(2)18-9-7-17(8-10-18)15-29-21(11-13-25-29)26-22(30)12-14-28-16-24-20-6-4-3-5-19(20)23(28)31/h3-11,13,16H,12,14-15H2,1-2H3,(H,26,30). The summed E-state index contributed by atoms with van der Waals surface area (Å²) in [5, 5.41) is 7.74. The topological polar surface area (TPSA) is 85.1 Å². The Morgan fingerprint density at radius 1 is 1.06 bits per heavy atom. The van der Waals surface area contributed by atoms with Gasteiger partial charge in [0.2, 0.25) is 5.91 Å². The Morgan fingerprint density at radius 2 is 1.84 bits per heavy atom. The van der Waals surface area contributed by atoms with Crippen LogP contribution in [0.5, 0.6) is 0 Å². The van der Waals surface area contributed by atoms with Crippen molar-refractivity contribution in [1.82, 2.24) is 19.3 Å². The molecule has 1 amide bonds. The first kappa shape index (κ1) is 20.3. The average Bonchev–Trinajstić information content (AvgIpc) is 3.20. The van der Waals surface area contributed by atoms with Crippen LogP contribution in [-0.2, 0) is 17.9 Å². The van der Waals surface area contributed by atoms with Gasteiger partial charge in [0.25, 0.3) is 5.56 Å². The molecular formula is C23H24N6O2. The molecule has 0 spiro atoms. The molecule has 31 heavy (non-hydrogen) atoms. The molecular weight excluding hydrogens is 392 g/mol. The van der Waals surface area contributed by atoms with Crippen molar-refractivity contribution >= 4 is 28.3 Å². The van der Waals surface area contributed by atoms with E-state index in [2.05, 4.69) is 15.4 Å². The fourth-order valence-electron chi connectivity index (χ4n) is 3.33.